The van der Waals surface area contributed by atoms with Gasteiger partial charge in [-0.25, -0.2) is 0 Å². The Balaban J connectivity index is 1.87. The molecule has 0 fully saturated rings. The van der Waals surface area contributed by atoms with E-state index in [-0.39, 0.29) is 6.04 Å². The van der Waals surface area contributed by atoms with Gasteiger partial charge in [-0.1, -0.05) is 35.3 Å². The van der Waals surface area contributed by atoms with Crippen molar-refractivity contribution < 1.29 is 0 Å². The Hall–Kier alpha value is -1.71. The quantitative estimate of drug-likeness (QED) is 0.711. The van der Waals surface area contributed by atoms with Crippen LogP contribution >= 0.6 is 23.2 Å². The summed E-state index contributed by atoms with van der Waals surface area (Å²) in [5, 5.41) is 12.6. The van der Waals surface area contributed by atoms with Crippen LogP contribution in [0.15, 0.2) is 42.6 Å². The van der Waals surface area contributed by atoms with Gasteiger partial charge in [-0.15, -0.1) is 0 Å². The summed E-state index contributed by atoms with van der Waals surface area (Å²) >= 11 is 12.3. The lowest BCUT2D eigenvalue weighted by Crippen LogP contribution is -2.07. The molecular weight excluding hydrogens is 293 g/mol. The van der Waals surface area contributed by atoms with E-state index in [1.54, 1.807) is 12.3 Å². The number of rotatable bonds is 3. The molecule has 0 amide bonds. The lowest BCUT2D eigenvalue weighted by atomic mass is 10.1. The van der Waals surface area contributed by atoms with Gasteiger partial charge >= 0.3 is 0 Å². The number of nitrogens with zero attached hydrogens (tertiary/aromatic N) is 1. The zero-order chi connectivity index (χ0) is 14.1. The van der Waals surface area contributed by atoms with E-state index < -0.39 is 0 Å². The van der Waals surface area contributed by atoms with E-state index in [9.17, 15) is 0 Å². The Morgan fingerprint density at radius 1 is 1.20 bits per heavy atom. The van der Waals surface area contributed by atoms with E-state index in [1.165, 1.54) is 0 Å². The number of anilines is 1. The van der Waals surface area contributed by atoms with Gasteiger partial charge in [0.1, 0.15) is 0 Å². The van der Waals surface area contributed by atoms with E-state index >= 15 is 0 Å². The molecule has 2 N–H and O–H groups in total. The van der Waals surface area contributed by atoms with Crippen LogP contribution in [0.2, 0.25) is 10.0 Å². The van der Waals surface area contributed by atoms with E-state index in [0.717, 1.165) is 22.2 Å². The monoisotopic (exact) mass is 305 g/mol. The predicted octanol–water partition coefficient (Wildman–Crippen LogP) is 5.04. The maximum absolute atomic E-state index is 6.24. The average molecular weight is 306 g/mol. The van der Waals surface area contributed by atoms with Crippen molar-refractivity contribution in [2.24, 2.45) is 0 Å². The lowest BCUT2D eigenvalue weighted by Gasteiger charge is -2.17. The summed E-state index contributed by atoms with van der Waals surface area (Å²) in [6.45, 7) is 2.05. The molecule has 1 atom stereocenters. The number of fused-ring (bicyclic) bond motifs is 1. The molecule has 0 saturated heterocycles. The summed E-state index contributed by atoms with van der Waals surface area (Å²) in [5.74, 6) is 0. The number of aromatic nitrogens is 2. The maximum atomic E-state index is 6.24. The van der Waals surface area contributed by atoms with Crippen LogP contribution in [-0.2, 0) is 0 Å². The number of benzene rings is 2. The van der Waals surface area contributed by atoms with Gasteiger partial charge in [0.15, 0.2) is 0 Å². The molecule has 1 unspecified atom stereocenters. The van der Waals surface area contributed by atoms with Gasteiger partial charge in [0.25, 0.3) is 0 Å². The largest absolute Gasteiger partial charge is 0.378 e. The minimum atomic E-state index is 0.0607. The summed E-state index contributed by atoms with van der Waals surface area (Å²) in [6, 6.07) is 11.8. The molecule has 5 heteroatoms. The second-order valence-corrected chi connectivity index (χ2v) is 5.47. The zero-order valence-corrected chi connectivity index (χ0v) is 12.3. The molecule has 20 heavy (non-hydrogen) atoms. The fourth-order valence-electron chi connectivity index (χ4n) is 2.22. The molecule has 0 aliphatic heterocycles. The van der Waals surface area contributed by atoms with Gasteiger partial charge in [0.05, 0.1) is 27.8 Å². The molecular formula is C15H13Cl2N3. The van der Waals surface area contributed by atoms with Crippen LogP contribution < -0.4 is 5.32 Å². The van der Waals surface area contributed by atoms with Crippen molar-refractivity contribution in [3.05, 3.63) is 58.2 Å². The SMILES string of the molecule is CC(Nc1ccc2[nH]ncc2c1)c1cccc(Cl)c1Cl. The summed E-state index contributed by atoms with van der Waals surface area (Å²) in [4.78, 5) is 0. The third kappa shape index (κ3) is 2.47. The second kappa shape index (κ2) is 5.35. The van der Waals surface area contributed by atoms with Crippen LogP contribution in [-0.4, -0.2) is 10.2 Å². The smallest absolute Gasteiger partial charge is 0.0651 e. The van der Waals surface area contributed by atoms with Crippen molar-refractivity contribution in [3.8, 4) is 0 Å². The normalized spacial score (nSPS) is 12.6. The van der Waals surface area contributed by atoms with Crippen LogP contribution in [0.1, 0.15) is 18.5 Å². The van der Waals surface area contributed by atoms with Gasteiger partial charge in [-0.3, -0.25) is 5.10 Å². The predicted molar refractivity (Wildman–Crippen MR) is 84.6 cm³/mol. The third-order valence-electron chi connectivity index (χ3n) is 3.27. The number of aromatic amines is 1. The first-order valence-electron chi connectivity index (χ1n) is 6.29. The van der Waals surface area contributed by atoms with Gasteiger partial charge in [0.2, 0.25) is 0 Å². The Labute approximate surface area is 126 Å². The van der Waals surface area contributed by atoms with Crippen LogP contribution in [0.3, 0.4) is 0 Å². The van der Waals surface area contributed by atoms with Crippen LogP contribution in [0.25, 0.3) is 10.9 Å². The van der Waals surface area contributed by atoms with Gasteiger partial charge < -0.3 is 5.32 Å². The Kier molecular flexibility index (Phi) is 3.55. The highest BCUT2D eigenvalue weighted by molar-refractivity contribution is 6.42. The van der Waals surface area contributed by atoms with Crippen LogP contribution in [0.5, 0.6) is 0 Å². The van der Waals surface area contributed by atoms with Gasteiger partial charge in [0, 0.05) is 11.1 Å². The zero-order valence-electron chi connectivity index (χ0n) is 10.8. The van der Waals surface area contributed by atoms with E-state index in [4.69, 9.17) is 23.2 Å². The highest BCUT2D eigenvalue weighted by Crippen LogP contribution is 2.31. The number of halogens is 2. The van der Waals surface area contributed by atoms with Crippen molar-refractivity contribution in [1.82, 2.24) is 10.2 Å². The molecule has 0 bridgehead atoms. The van der Waals surface area contributed by atoms with Crippen molar-refractivity contribution in [3.63, 3.8) is 0 Å². The van der Waals surface area contributed by atoms with Gasteiger partial charge in [-0.2, -0.15) is 5.10 Å². The number of H-pyrrole nitrogens is 1. The first-order chi connectivity index (χ1) is 9.65. The highest BCUT2D eigenvalue weighted by atomic mass is 35.5. The third-order valence-corrected chi connectivity index (χ3v) is 4.10. The number of nitrogens with one attached hydrogen (secondary N) is 2. The number of hydrogen-bond donors (Lipinski definition) is 2. The van der Waals surface area contributed by atoms with Crippen molar-refractivity contribution in [2.45, 2.75) is 13.0 Å². The molecule has 2 aromatic carbocycles. The van der Waals surface area contributed by atoms with Crippen molar-refractivity contribution in [2.75, 3.05) is 5.32 Å². The van der Waals surface area contributed by atoms with E-state index in [2.05, 4.69) is 22.4 Å². The molecule has 0 radical (unpaired) electrons. The molecule has 3 rings (SSSR count). The summed E-state index contributed by atoms with van der Waals surface area (Å²) in [7, 11) is 0. The molecule has 0 spiro atoms. The molecule has 3 aromatic rings. The molecule has 1 heterocycles. The number of hydrogen-bond acceptors (Lipinski definition) is 2. The first kappa shape index (κ1) is 13.3. The summed E-state index contributed by atoms with van der Waals surface area (Å²) < 4.78 is 0. The average Bonchev–Trinajstić information content (AvgIpc) is 2.89. The minimum absolute atomic E-state index is 0.0607. The Bertz CT molecular complexity index is 752. The molecule has 0 saturated carbocycles. The first-order valence-corrected chi connectivity index (χ1v) is 7.04. The lowest BCUT2D eigenvalue weighted by molar-refractivity contribution is 0.885. The van der Waals surface area contributed by atoms with Crippen molar-refractivity contribution in [1.29, 1.82) is 0 Å². The fraction of sp³-hybridized carbons (Fsp3) is 0.133. The maximum Gasteiger partial charge on any atom is 0.0651 e. The molecule has 102 valence electrons. The molecule has 3 nitrogen and oxygen atoms in total. The Morgan fingerprint density at radius 2 is 2.05 bits per heavy atom. The van der Waals surface area contributed by atoms with E-state index in [0.29, 0.717) is 10.0 Å². The van der Waals surface area contributed by atoms with Crippen molar-refractivity contribution >= 4 is 39.8 Å². The standard InChI is InChI=1S/C15H13Cl2N3/c1-9(12-3-2-4-13(16)15(12)17)19-11-5-6-14-10(7-11)8-18-20-14/h2-9,19H,1H3,(H,18,20). The molecule has 1 aromatic heterocycles. The van der Waals surface area contributed by atoms with E-state index in [1.807, 2.05) is 30.3 Å². The Morgan fingerprint density at radius 3 is 2.90 bits per heavy atom. The molecule has 0 aliphatic rings. The van der Waals surface area contributed by atoms with Gasteiger partial charge in [-0.05, 0) is 36.8 Å². The minimum Gasteiger partial charge on any atom is -0.378 e. The summed E-state index contributed by atoms with van der Waals surface area (Å²) in [6.07, 6.45) is 1.80. The highest BCUT2D eigenvalue weighted by Gasteiger charge is 2.12. The molecule has 0 aliphatic carbocycles. The van der Waals surface area contributed by atoms with Crippen LogP contribution in [0, 0.1) is 0 Å². The topological polar surface area (TPSA) is 40.7 Å². The second-order valence-electron chi connectivity index (χ2n) is 4.68. The fourth-order valence-corrected chi connectivity index (χ4v) is 2.69. The summed E-state index contributed by atoms with van der Waals surface area (Å²) in [5.41, 5.74) is 3.01. The van der Waals surface area contributed by atoms with Crippen LogP contribution in [0.4, 0.5) is 5.69 Å².